The van der Waals surface area contributed by atoms with Crippen molar-refractivity contribution in [2.24, 2.45) is 0 Å². The van der Waals surface area contributed by atoms with Crippen LogP contribution in [0.2, 0.25) is 0 Å². The summed E-state index contributed by atoms with van der Waals surface area (Å²) in [7, 11) is 0. The number of ether oxygens (including phenoxy) is 1. The molecule has 1 rings (SSSR count). The van der Waals surface area contributed by atoms with Gasteiger partial charge in [0.05, 0.1) is 5.56 Å². The number of hydrogen-bond donors (Lipinski definition) is 0. The van der Waals surface area contributed by atoms with Crippen LogP contribution in [0.3, 0.4) is 0 Å². The zero-order chi connectivity index (χ0) is 13.2. The zero-order valence-electron chi connectivity index (χ0n) is 7.76. The molecule has 0 amide bonds. The highest BCUT2D eigenvalue weighted by atomic mass is 127. The molecule has 1 heterocycles. The number of aldehydes is 1. The first-order chi connectivity index (χ1) is 7.74. The largest absolute Gasteiger partial charge is 0.573 e. The molecular weight excluding hydrogens is 364 g/mol. The van der Waals surface area contributed by atoms with Crippen LogP contribution in [0.5, 0.6) is 5.75 Å². The Hall–Kier alpha value is -1.00. The molecule has 0 fully saturated rings. The molecule has 0 saturated carbocycles. The van der Waals surface area contributed by atoms with E-state index >= 15 is 0 Å². The molecule has 0 spiro atoms. The Morgan fingerprint density at radius 2 is 2.00 bits per heavy atom. The van der Waals surface area contributed by atoms with Gasteiger partial charge in [0.15, 0.2) is 6.29 Å². The van der Waals surface area contributed by atoms with Gasteiger partial charge in [-0.25, -0.2) is 13.8 Å². The highest BCUT2D eigenvalue weighted by Gasteiger charge is 2.34. The maximum atomic E-state index is 12.5. The van der Waals surface area contributed by atoms with Crippen LogP contribution in [0.1, 0.15) is 22.5 Å². The average Bonchev–Trinajstić information content (AvgIpc) is 2.12. The number of nitrogens with zero attached hydrogens (tertiary/aromatic N) is 1. The fourth-order valence-electron chi connectivity index (χ4n) is 1.04. The van der Waals surface area contributed by atoms with Gasteiger partial charge in [0.2, 0.25) is 0 Å². The second-order valence-electron chi connectivity index (χ2n) is 2.71. The summed E-state index contributed by atoms with van der Waals surface area (Å²) in [4.78, 5) is 13.9. The fraction of sp³-hybridized carbons (Fsp3) is 0.250. The first-order valence-corrected chi connectivity index (χ1v) is 5.02. The number of hydrogen-bond acceptors (Lipinski definition) is 3. The van der Waals surface area contributed by atoms with E-state index in [1.807, 2.05) is 0 Å². The van der Waals surface area contributed by atoms with E-state index in [-0.39, 0.29) is 9.99 Å². The van der Waals surface area contributed by atoms with E-state index in [2.05, 4.69) is 9.72 Å². The monoisotopic (exact) mass is 367 g/mol. The van der Waals surface area contributed by atoms with Crippen LogP contribution in [0.25, 0.3) is 0 Å². The Morgan fingerprint density at radius 1 is 1.41 bits per heavy atom. The van der Waals surface area contributed by atoms with Crippen LogP contribution in [-0.4, -0.2) is 17.6 Å². The number of halogens is 6. The molecule has 0 radical (unpaired) electrons. The highest BCUT2D eigenvalue weighted by Crippen LogP contribution is 2.35. The number of alkyl halides is 5. The molecule has 1 aromatic rings. The van der Waals surface area contributed by atoms with Gasteiger partial charge in [0, 0.05) is 6.07 Å². The lowest BCUT2D eigenvalue weighted by Crippen LogP contribution is -2.19. The minimum atomic E-state index is -5.12. The predicted octanol–water partition coefficient (Wildman–Crippen LogP) is 3.33. The summed E-state index contributed by atoms with van der Waals surface area (Å²) in [6.45, 7) is 0. The lowest BCUT2D eigenvalue weighted by molar-refractivity contribution is -0.275. The summed E-state index contributed by atoms with van der Waals surface area (Å²) in [6.07, 6.45) is -8.46. The molecule has 0 N–H and O–H groups in total. The summed E-state index contributed by atoms with van der Waals surface area (Å²) in [5.41, 5.74) is -1.94. The van der Waals surface area contributed by atoms with Crippen molar-refractivity contribution in [3.05, 3.63) is 21.0 Å². The standard InChI is InChI=1S/C8H3F5INO2/c9-7(10)6-3(2-16)15-5(14)1-4(6)17-8(11,12)13/h1-2,7H. The third-order valence-corrected chi connectivity index (χ3v) is 2.13. The quantitative estimate of drug-likeness (QED) is 0.356. The molecule has 0 aliphatic rings. The van der Waals surface area contributed by atoms with Gasteiger partial charge in [-0.1, -0.05) is 0 Å². The van der Waals surface area contributed by atoms with Crippen molar-refractivity contribution in [3.8, 4) is 5.75 Å². The Balaban J connectivity index is 3.35. The van der Waals surface area contributed by atoms with E-state index in [0.29, 0.717) is 6.07 Å². The van der Waals surface area contributed by atoms with Crippen LogP contribution >= 0.6 is 22.6 Å². The lowest BCUT2D eigenvalue weighted by atomic mass is 10.2. The van der Waals surface area contributed by atoms with Crippen molar-refractivity contribution in [2.75, 3.05) is 0 Å². The minimum Gasteiger partial charge on any atom is -0.405 e. The average molecular weight is 367 g/mol. The molecule has 0 aliphatic heterocycles. The fourth-order valence-corrected chi connectivity index (χ4v) is 1.58. The van der Waals surface area contributed by atoms with E-state index in [9.17, 15) is 26.7 Å². The third kappa shape index (κ3) is 3.75. The summed E-state index contributed by atoms with van der Waals surface area (Å²) in [5.74, 6) is -1.12. The molecule has 0 atom stereocenters. The van der Waals surface area contributed by atoms with Gasteiger partial charge in [-0.2, -0.15) is 0 Å². The van der Waals surface area contributed by atoms with Crippen molar-refractivity contribution in [2.45, 2.75) is 12.8 Å². The molecule has 0 unspecified atom stereocenters. The summed E-state index contributed by atoms with van der Waals surface area (Å²) < 4.78 is 64.4. The number of rotatable bonds is 3. The van der Waals surface area contributed by atoms with E-state index in [4.69, 9.17) is 0 Å². The Morgan fingerprint density at radius 3 is 2.41 bits per heavy atom. The first kappa shape index (κ1) is 14.1. The SMILES string of the molecule is O=Cc1nc(I)cc(OC(F)(F)F)c1C(F)F. The smallest absolute Gasteiger partial charge is 0.405 e. The van der Waals surface area contributed by atoms with Crippen molar-refractivity contribution < 1.29 is 31.5 Å². The summed E-state index contributed by atoms with van der Waals surface area (Å²) in [5, 5.41) is 0. The Kier molecular flexibility index (Phi) is 4.22. The molecule has 0 saturated heterocycles. The van der Waals surface area contributed by atoms with Crippen LogP contribution in [-0.2, 0) is 0 Å². The normalized spacial score (nSPS) is 11.7. The van der Waals surface area contributed by atoms with Gasteiger partial charge in [-0.15, -0.1) is 13.2 Å². The molecule has 9 heteroatoms. The lowest BCUT2D eigenvalue weighted by Gasteiger charge is -2.14. The molecular formula is C8H3F5INO2. The molecule has 1 aromatic heterocycles. The highest BCUT2D eigenvalue weighted by molar-refractivity contribution is 14.1. The number of carbonyl (C=O) groups excluding carboxylic acids is 1. The van der Waals surface area contributed by atoms with Crippen molar-refractivity contribution in [1.82, 2.24) is 4.98 Å². The van der Waals surface area contributed by atoms with E-state index in [1.54, 1.807) is 0 Å². The number of pyridine rings is 1. The second kappa shape index (κ2) is 5.10. The second-order valence-corrected chi connectivity index (χ2v) is 3.81. The Bertz CT molecular complexity index is 435. The number of aromatic nitrogens is 1. The molecule has 0 aromatic carbocycles. The van der Waals surface area contributed by atoms with Crippen LogP contribution < -0.4 is 4.74 Å². The summed E-state index contributed by atoms with van der Waals surface area (Å²) in [6, 6.07) is 0.683. The molecule has 94 valence electrons. The van der Waals surface area contributed by atoms with E-state index in [1.165, 1.54) is 22.6 Å². The maximum Gasteiger partial charge on any atom is 0.573 e. The molecule has 0 aliphatic carbocycles. The van der Waals surface area contributed by atoms with E-state index in [0.717, 1.165) is 0 Å². The van der Waals surface area contributed by atoms with Crippen molar-refractivity contribution in [1.29, 1.82) is 0 Å². The summed E-state index contributed by atoms with van der Waals surface area (Å²) >= 11 is 1.48. The zero-order valence-corrected chi connectivity index (χ0v) is 9.92. The van der Waals surface area contributed by atoms with Gasteiger partial charge in [-0.3, -0.25) is 4.79 Å². The van der Waals surface area contributed by atoms with Gasteiger partial charge >= 0.3 is 6.36 Å². The number of carbonyl (C=O) groups is 1. The minimum absolute atomic E-state index is 0.0487. The van der Waals surface area contributed by atoms with Gasteiger partial charge in [0.1, 0.15) is 15.1 Å². The molecule has 3 nitrogen and oxygen atoms in total. The van der Waals surface area contributed by atoms with Crippen molar-refractivity contribution in [3.63, 3.8) is 0 Å². The van der Waals surface area contributed by atoms with Gasteiger partial charge < -0.3 is 4.74 Å². The van der Waals surface area contributed by atoms with E-state index < -0.39 is 29.8 Å². The van der Waals surface area contributed by atoms with Crippen molar-refractivity contribution >= 4 is 28.9 Å². The molecule has 17 heavy (non-hydrogen) atoms. The van der Waals surface area contributed by atoms with Gasteiger partial charge in [-0.05, 0) is 22.6 Å². The maximum absolute atomic E-state index is 12.5. The van der Waals surface area contributed by atoms with Crippen LogP contribution in [0, 0.1) is 3.70 Å². The van der Waals surface area contributed by atoms with Gasteiger partial charge in [0.25, 0.3) is 6.43 Å². The Labute approximate surface area is 105 Å². The van der Waals surface area contributed by atoms with Crippen LogP contribution in [0.15, 0.2) is 6.07 Å². The predicted molar refractivity (Wildman–Crippen MR) is 54.0 cm³/mol. The molecule has 0 bridgehead atoms. The third-order valence-electron chi connectivity index (χ3n) is 1.57. The topological polar surface area (TPSA) is 39.2 Å². The van der Waals surface area contributed by atoms with Crippen LogP contribution in [0.4, 0.5) is 22.0 Å². The first-order valence-electron chi connectivity index (χ1n) is 3.94.